The van der Waals surface area contributed by atoms with Crippen molar-refractivity contribution in [2.24, 2.45) is 10.9 Å². The smallest absolute Gasteiger partial charge is 0.161 e. The van der Waals surface area contributed by atoms with Crippen molar-refractivity contribution in [3.8, 4) is 0 Å². The van der Waals surface area contributed by atoms with Crippen LogP contribution in [0.15, 0.2) is 29.3 Å². The highest BCUT2D eigenvalue weighted by molar-refractivity contribution is 8.15. The number of nitrogens with zero attached hydrogens (tertiary/aromatic N) is 1. The van der Waals surface area contributed by atoms with Crippen molar-refractivity contribution in [2.75, 3.05) is 11.9 Å². The standard InChI is InChI=1S/C16H22N2S/c1-16(2,3)12-6-8-13(9-7-12)18-15-17-10-14(19-15)11-4-5-11/h6-9,11,14H,4-5,10H2,1-3H3,(H,17,18). The van der Waals surface area contributed by atoms with Crippen LogP contribution >= 0.6 is 11.8 Å². The number of anilines is 1. The highest BCUT2D eigenvalue weighted by Gasteiger charge is 2.35. The summed E-state index contributed by atoms with van der Waals surface area (Å²) in [4.78, 5) is 4.61. The van der Waals surface area contributed by atoms with Crippen molar-refractivity contribution in [1.29, 1.82) is 0 Å². The number of amidine groups is 1. The normalized spacial score (nSPS) is 23.3. The molecule has 0 radical (unpaired) electrons. The zero-order valence-corrected chi connectivity index (χ0v) is 12.8. The molecule has 0 aromatic heterocycles. The Hall–Kier alpha value is -0.960. The Morgan fingerprint density at radius 2 is 1.84 bits per heavy atom. The molecule has 0 saturated heterocycles. The Kier molecular flexibility index (Phi) is 3.34. The second kappa shape index (κ2) is 4.86. The third kappa shape index (κ3) is 3.14. The number of hydrogen-bond donors (Lipinski definition) is 1. The van der Waals surface area contributed by atoms with E-state index >= 15 is 0 Å². The van der Waals surface area contributed by atoms with Crippen LogP contribution in [0.3, 0.4) is 0 Å². The van der Waals surface area contributed by atoms with Crippen LogP contribution in [0.2, 0.25) is 0 Å². The maximum absolute atomic E-state index is 4.61. The summed E-state index contributed by atoms with van der Waals surface area (Å²) in [7, 11) is 0. The van der Waals surface area contributed by atoms with Crippen molar-refractivity contribution < 1.29 is 0 Å². The monoisotopic (exact) mass is 274 g/mol. The Labute approximate surface area is 120 Å². The van der Waals surface area contributed by atoms with E-state index in [4.69, 9.17) is 0 Å². The van der Waals surface area contributed by atoms with Crippen LogP contribution in [0.25, 0.3) is 0 Å². The van der Waals surface area contributed by atoms with Crippen LogP contribution in [0.4, 0.5) is 5.69 Å². The van der Waals surface area contributed by atoms with Gasteiger partial charge < -0.3 is 5.32 Å². The number of rotatable bonds is 2. The Bertz CT molecular complexity index is 480. The van der Waals surface area contributed by atoms with E-state index in [2.05, 4.69) is 55.3 Å². The SMILES string of the molecule is CC(C)(C)c1ccc(NC2=NCC(C3CC3)S2)cc1. The lowest BCUT2D eigenvalue weighted by atomic mass is 9.87. The molecule has 3 rings (SSSR count). The van der Waals surface area contributed by atoms with E-state index in [1.54, 1.807) is 0 Å². The number of aliphatic imine (C=N–C) groups is 1. The number of benzene rings is 1. The van der Waals surface area contributed by atoms with Gasteiger partial charge in [0, 0.05) is 10.9 Å². The molecule has 0 bridgehead atoms. The minimum Gasteiger partial charge on any atom is -0.335 e. The Morgan fingerprint density at radius 1 is 1.16 bits per heavy atom. The van der Waals surface area contributed by atoms with Crippen molar-refractivity contribution in [1.82, 2.24) is 0 Å². The first-order chi connectivity index (χ1) is 9.02. The molecular weight excluding hydrogens is 252 g/mol. The van der Waals surface area contributed by atoms with Gasteiger partial charge in [0.25, 0.3) is 0 Å². The molecule has 1 aliphatic heterocycles. The van der Waals surface area contributed by atoms with Crippen LogP contribution in [-0.4, -0.2) is 17.0 Å². The fraction of sp³-hybridized carbons (Fsp3) is 0.562. The van der Waals surface area contributed by atoms with E-state index in [1.165, 1.54) is 18.4 Å². The van der Waals surface area contributed by atoms with Gasteiger partial charge >= 0.3 is 0 Å². The van der Waals surface area contributed by atoms with Crippen molar-refractivity contribution in [2.45, 2.75) is 44.3 Å². The van der Waals surface area contributed by atoms with Gasteiger partial charge in [-0.25, -0.2) is 0 Å². The third-order valence-electron chi connectivity index (χ3n) is 3.83. The molecule has 1 fully saturated rings. The first-order valence-corrected chi connectivity index (χ1v) is 7.99. The summed E-state index contributed by atoms with van der Waals surface area (Å²) in [5.74, 6) is 0.927. The Balaban J connectivity index is 1.61. The molecule has 1 aromatic rings. The fourth-order valence-corrected chi connectivity index (χ4v) is 3.58. The molecule has 19 heavy (non-hydrogen) atoms. The largest absolute Gasteiger partial charge is 0.335 e. The van der Waals surface area contributed by atoms with E-state index in [-0.39, 0.29) is 5.41 Å². The van der Waals surface area contributed by atoms with E-state index in [1.807, 2.05) is 11.8 Å². The van der Waals surface area contributed by atoms with Crippen molar-refractivity contribution in [3.63, 3.8) is 0 Å². The van der Waals surface area contributed by atoms with Crippen molar-refractivity contribution >= 4 is 22.6 Å². The van der Waals surface area contributed by atoms with Gasteiger partial charge in [-0.15, -0.1) is 0 Å². The fourth-order valence-electron chi connectivity index (χ4n) is 2.35. The van der Waals surface area contributed by atoms with Gasteiger partial charge in [-0.05, 0) is 41.9 Å². The van der Waals surface area contributed by atoms with Crippen molar-refractivity contribution in [3.05, 3.63) is 29.8 Å². The molecule has 3 heteroatoms. The van der Waals surface area contributed by atoms with Gasteiger partial charge in [0.2, 0.25) is 0 Å². The summed E-state index contributed by atoms with van der Waals surface area (Å²) in [6, 6.07) is 8.74. The molecule has 1 atom stereocenters. The first kappa shape index (κ1) is 13.0. The van der Waals surface area contributed by atoms with Crippen LogP contribution < -0.4 is 5.32 Å². The maximum atomic E-state index is 4.61. The second-order valence-electron chi connectivity index (χ2n) is 6.59. The minimum absolute atomic E-state index is 0.217. The first-order valence-electron chi connectivity index (χ1n) is 7.11. The molecule has 102 valence electrons. The zero-order chi connectivity index (χ0) is 13.5. The molecule has 1 heterocycles. The molecule has 0 spiro atoms. The lowest BCUT2D eigenvalue weighted by Gasteiger charge is -2.19. The summed E-state index contributed by atoms with van der Waals surface area (Å²) in [6.45, 7) is 7.73. The second-order valence-corrected chi connectivity index (χ2v) is 7.82. The molecule has 0 amide bonds. The topological polar surface area (TPSA) is 24.4 Å². The highest BCUT2D eigenvalue weighted by Crippen LogP contribution is 2.42. The van der Waals surface area contributed by atoms with Gasteiger partial charge in [-0.2, -0.15) is 0 Å². The molecule has 2 nitrogen and oxygen atoms in total. The quantitative estimate of drug-likeness (QED) is 0.870. The van der Waals surface area contributed by atoms with E-state index in [9.17, 15) is 0 Å². The van der Waals surface area contributed by atoms with E-state index in [0.717, 1.165) is 28.6 Å². The molecule has 1 aromatic carbocycles. The predicted octanol–water partition coefficient (Wildman–Crippen LogP) is 4.28. The molecule has 1 unspecified atom stereocenters. The third-order valence-corrected chi connectivity index (χ3v) is 5.12. The average Bonchev–Trinajstić information content (AvgIpc) is 3.10. The zero-order valence-electron chi connectivity index (χ0n) is 11.9. The number of hydrogen-bond acceptors (Lipinski definition) is 3. The van der Waals surface area contributed by atoms with Gasteiger partial charge in [-0.3, -0.25) is 4.99 Å². The summed E-state index contributed by atoms with van der Waals surface area (Å²) in [5.41, 5.74) is 2.74. The predicted molar refractivity (Wildman–Crippen MR) is 85.2 cm³/mol. The van der Waals surface area contributed by atoms with E-state index in [0.29, 0.717) is 0 Å². The van der Waals surface area contributed by atoms with Gasteiger partial charge in [0.1, 0.15) is 0 Å². The van der Waals surface area contributed by atoms with Gasteiger partial charge in [-0.1, -0.05) is 44.7 Å². The molecular formula is C16H22N2S. The summed E-state index contributed by atoms with van der Waals surface area (Å²) in [6.07, 6.45) is 2.81. The highest BCUT2D eigenvalue weighted by atomic mass is 32.2. The van der Waals surface area contributed by atoms with E-state index < -0.39 is 0 Å². The lowest BCUT2D eigenvalue weighted by Crippen LogP contribution is -2.12. The van der Waals surface area contributed by atoms with Gasteiger partial charge in [0.15, 0.2) is 5.17 Å². The molecule has 1 N–H and O–H groups in total. The molecule has 1 saturated carbocycles. The lowest BCUT2D eigenvalue weighted by molar-refractivity contribution is 0.590. The van der Waals surface area contributed by atoms with Crippen LogP contribution in [0, 0.1) is 5.92 Å². The average molecular weight is 274 g/mol. The number of thioether (sulfide) groups is 1. The van der Waals surface area contributed by atoms with Gasteiger partial charge in [0.05, 0.1) is 6.54 Å². The Morgan fingerprint density at radius 3 is 2.42 bits per heavy atom. The number of nitrogens with one attached hydrogen (secondary N) is 1. The summed E-state index contributed by atoms with van der Waals surface area (Å²) < 4.78 is 0. The summed E-state index contributed by atoms with van der Waals surface area (Å²) >= 11 is 1.92. The molecule has 1 aliphatic carbocycles. The van der Waals surface area contributed by atoms with Crippen LogP contribution in [0.1, 0.15) is 39.2 Å². The summed E-state index contributed by atoms with van der Waals surface area (Å²) in [5, 5.41) is 5.28. The molecule has 2 aliphatic rings. The van der Waals surface area contributed by atoms with Crippen LogP contribution in [-0.2, 0) is 5.41 Å². The maximum Gasteiger partial charge on any atom is 0.161 e. The minimum atomic E-state index is 0.217. The van der Waals surface area contributed by atoms with Crippen LogP contribution in [0.5, 0.6) is 0 Å².